The van der Waals surface area contributed by atoms with Crippen LogP contribution in [0.2, 0.25) is 5.02 Å². The summed E-state index contributed by atoms with van der Waals surface area (Å²) in [6, 6.07) is 31.9. The second-order valence-electron chi connectivity index (χ2n) is 6.87. The zero-order valence-electron chi connectivity index (χ0n) is 15.0. The number of aromatic nitrogens is 1. The van der Waals surface area contributed by atoms with E-state index in [-0.39, 0.29) is 0 Å². The number of hydrogen-bond acceptors (Lipinski definition) is 0. The van der Waals surface area contributed by atoms with Crippen LogP contribution in [-0.4, -0.2) is 4.57 Å². The Bertz CT molecular complexity index is 1240. The van der Waals surface area contributed by atoms with Gasteiger partial charge in [0.2, 0.25) is 0 Å². The Kier molecular flexibility index (Phi) is 3.77. The number of halogens is 1. The molecule has 0 atom stereocenters. The molecule has 0 bridgehead atoms. The monoisotopic (exact) mass is 367 g/mol. The van der Waals surface area contributed by atoms with Crippen LogP contribution in [0, 0.1) is 6.92 Å². The second kappa shape index (κ2) is 6.29. The molecule has 0 fully saturated rings. The standard InChI is InChI=1S/C25H18ClN/c1-17-14-15-18(22(26)16-17)19-8-2-5-11-23(19)27-24-12-6-3-9-20(24)21-10-4-7-13-25(21)27/h2-16H,1H3. The van der Waals surface area contributed by atoms with E-state index in [9.17, 15) is 0 Å². The molecular formula is C25H18ClN. The van der Waals surface area contributed by atoms with Crippen molar-refractivity contribution in [2.75, 3.05) is 0 Å². The van der Waals surface area contributed by atoms with Crippen LogP contribution in [0.1, 0.15) is 5.56 Å². The van der Waals surface area contributed by atoms with Crippen LogP contribution in [0.4, 0.5) is 0 Å². The van der Waals surface area contributed by atoms with Gasteiger partial charge in [0.15, 0.2) is 0 Å². The lowest BCUT2D eigenvalue weighted by Gasteiger charge is -2.15. The van der Waals surface area contributed by atoms with Crippen molar-refractivity contribution in [2.45, 2.75) is 6.92 Å². The SMILES string of the molecule is Cc1ccc(-c2ccccc2-n2c3ccccc3c3ccccc32)c(Cl)c1. The highest BCUT2D eigenvalue weighted by Gasteiger charge is 2.15. The van der Waals surface area contributed by atoms with Crippen LogP contribution >= 0.6 is 11.6 Å². The predicted molar refractivity (Wildman–Crippen MR) is 116 cm³/mol. The van der Waals surface area contributed by atoms with Gasteiger partial charge in [0.25, 0.3) is 0 Å². The van der Waals surface area contributed by atoms with Crippen LogP contribution in [-0.2, 0) is 0 Å². The molecule has 0 radical (unpaired) electrons. The Morgan fingerprint density at radius 1 is 0.630 bits per heavy atom. The third-order valence-corrected chi connectivity index (χ3v) is 5.45. The van der Waals surface area contributed by atoms with Crippen LogP contribution in [0.3, 0.4) is 0 Å². The number of para-hydroxylation sites is 3. The molecule has 0 N–H and O–H groups in total. The first kappa shape index (κ1) is 16.2. The minimum atomic E-state index is 0.781. The highest BCUT2D eigenvalue weighted by Crippen LogP contribution is 2.38. The van der Waals surface area contributed by atoms with Crippen molar-refractivity contribution in [1.82, 2.24) is 4.57 Å². The largest absolute Gasteiger partial charge is 0.309 e. The zero-order chi connectivity index (χ0) is 18.4. The molecule has 4 aromatic carbocycles. The molecule has 0 spiro atoms. The molecular weight excluding hydrogens is 350 g/mol. The van der Waals surface area contributed by atoms with Gasteiger partial charge >= 0.3 is 0 Å². The van der Waals surface area contributed by atoms with Gasteiger partial charge in [0, 0.05) is 26.9 Å². The van der Waals surface area contributed by atoms with Crippen molar-refractivity contribution in [3.63, 3.8) is 0 Å². The fourth-order valence-corrected chi connectivity index (χ4v) is 4.25. The number of fused-ring (bicyclic) bond motifs is 3. The summed E-state index contributed by atoms with van der Waals surface area (Å²) in [5.41, 5.74) is 6.90. The van der Waals surface area contributed by atoms with Gasteiger partial charge in [-0.25, -0.2) is 0 Å². The maximum atomic E-state index is 6.62. The lowest BCUT2D eigenvalue weighted by Crippen LogP contribution is -1.97. The quantitative estimate of drug-likeness (QED) is 0.306. The molecule has 5 aromatic rings. The van der Waals surface area contributed by atoms with Crippen LogP contribution in [0.15, 0.2) is 91.0 Å². The molecule has 1 aromatic heterocycles. The molecule has 0 aliphatic carbocycles. The molecule has 0 saturated carbocycles. The van der Waals surface area contributed by atoms with E-state index < -0.39 is 0 Å². The summed E-state index contributed by atoms with van der Waals surface area (Å²) >= 11 is 6.62. The Balaban J connectivity index is 1.89. The number of nitrogens with zero attached hydrogens (tertiary/aromatic N) is 1. The van der Waals surface area contributed by atoms with Gasteiger partial charge in [0.05, 0.1) is 16.7 Å². The summed E-state index contributed by atoms with van der Waals surface area (Å²) in [7, 11) is 0. The maximum Gasteiger partial charge on any atom is 0.0541 e. The third-order valence-electron chi connectivity index (χ3n) is 5.14. The lowest BCUT2D eigenvalue weighted by molar-refractivity contribution is 1.18. The zero-order valence-corrected chi connectivity index (χ0v) is 15.7. The van der Waals surface area contributed by atoms with Crippen molar-refractivity contribution in [2.24, 2.45) is 0 Å². The third kappa shape index (κ3) is 2.55. The van der Waals surface area contributed by atoms with E-state index in [0.717, 1.165) is 27.4 Å². The minimum absolute atomic E-state index is 0.781. The normalized spacial score (nSPS) is 11.3. The maximum absolute atomic E-state index is 6.62. The lowest BCUT2D eigenvalue weighted by atomic mass is 10.0. The summed E-state index contributed by atoms with van der Waals surface area (Å²) < 4.78 is 2.34. The first-order valence-electron chi connectivity index (χ1n) is 9.08. The van der Waals surface area contributed by atoms with E-state index in [1.807, 2.05) is 6.07 Å². The van der Waals surface area contributed by atoms with E-state index in [4.69, 9.17) is 11.6 Å². The Morgan fingerprint density at radius 3 is 1.89 bits per heavy atom. The molecule has 27 heavy (non-hydrogen) atoms. The molecule has 1 nitrogen and oxygen atoms in total. The van der Waals surface area contributed by atoms with E-state index >= 15 is 0 Å². The highest BCUT2D eigenvalue weighted by molar-refractivity contribution is 6.33. The fraction of sp³-hybridized carbons (Fsp3) is 0.0400. The highest BCUT2D eigenvalue weighted by atomic mass is 35.5. The van der Waals surface area contributed by atoms with Crippen LogP contribution in [0.25, 0.3) is 38.6 Å². The van der Waals surface area contributed by atoms with Gasteiger partial charge in [0.1, 0.15) is 0 Å². The van der Waals surface area contributed by atoms with E-state index in [0.29, 0.717) is 0 Å². The molecule has 0 unspecified atom stereocenters. The summed E-state index contributed by atoms with van der Waals surface area (Å²) in [4.78, 5) is 0. The van der Waals surface area contributed by atoms with Crippen LogP contribution < -0.4 is 0 Å². The molecule has 130 valence electrons. The summed E-state index contributed by atoms with van der Waals surface area (Å²) in [6.07, 6.45) is 0. The first-order chi connectivity index (χ1) is 13.2. The van der Waals surface area contributed by atoms with Gasteiger partial charge in [-0.3, -0.25) is 0 Å². The van der Waals surface area contributed by atoms with Crippen molar-refractivity contribution in [3.05, 3.63) is 102 Å². The summed E-state index contributed by atoms with van der Waals surface area (Å²) in [6.45, 7) is 2.06. The topological polar surface area (TPSA) is 4.93 Å². The first-order valence-corrected chi connectivity index (χ1v) is 9.46. The van der Waals surface area contributed by atoms with Gasteiger partial charge in [-0.2, -0.15) is 0 Å². The molecule has 1 heterocycles. The van der Waals surface area contributed by atoms with E-state index in [1.165, 1.54) is 21.8 Å². The number of aryl methyl sites for hydroxylation is 1. The molecule has 0 aliphatic rings. The van der Waals surface area contributed by atoms with E-state index in [2.05, 4.69) is 96.4 Å². The van der Waals surface area contributed by atoms with Crippen molar-refractivity contribution in [1.29, 1.82) is 0 Å². The molecule has 0 aliphatic heterocycles. The van der Waals surface area contributed by atoms with Gasteiger partial charge < -0.3 is 4.57 Å². The Hall–Kier alpha value is -3.03. The Labute approximate surface area is 163 Å². The molecule has 0 amide bonds. The van der Waals surface area contributed by atoms with Crippen molar-refractivity contribution >= 4 is 33.4 Å². The number of benzene rings is 4. The predicted octanol–water partition coefficient (Wildman–Crippen LogP) is 7.41. The molecule has 5 rings (SSSR count). The van der Waals surface area contributed by atoms with Gasteiger partial charge in [-0.15, -0.1) is 0 Å². The Morgan fingerprint density at radius 2 is 1.22 bits per heavy atom. The molecule has 2 heteroatoms. The summed E-state index contributed by atoms with van der Waals surface area (Å²) in [5, 5.41) is 3.30. The van der Waals surface area contributed by atoms with Crippen LogP contribution in [0.5, 0.6) is 0 Å². The second-order valence-corrected chi connectivity index (χ2v) is 7.28. The molecule has 0 saturated heterocycles. The average molecular weight is 368 g/mol. The number of rotatable bonds is 2. The minimum Gasteiger partial charge on any atom is -0.309 e. The number of hydrogen-bond donors (Lipinski definition) is 0. The van der Waals surface area contributed by atoms with Gasteiger partial charge in [-0.1, -0.05) is 78.3 Å². The fourth-order valence-electron chi connectivity index (χ4n) is 3.92. The average Bonchev–Trinajstić information content (AvgIpc) is 3.03. The van der Waals surface area contributed by atoms with Crippen molar-refractivity contribution < 1.29 is 0 Å². The summed E-state index contributed by atoms with van der Waals surface area (Å²) in [5.74, 6) is 0. The van der Waals surface area contributed by atoms with Crippen molar-refractivity contribution in [3.8, 4) is 16.8 Å². The van der Waals surface area contributed by atoms with Gasteiger partial charge in [-0.05, 0) is 36.8 Å². The van der Waals surface area contributed by atoms with E-state index in [1.54, 1.807) is 0 Å². The smallest absolute Gasteiger partial charge is 0.0541 e.